The van der Waals surface area contributed by atoms with Crippen molar-refractivity contribution in [2.75, 3.05) is 48.1 Å². The van der Waals surface area contributed by atoms with Gasteiger partial charge in [-0.25, -0.2) is 0 Å². The maximum Gasteiger partial charge on any atom is 0.307 e. The van der Waals surface area contributed by atoms with Gasteiger partial charge in [0.2, 0.25) is 5.91 Å². The zero-order valence-electron chi connectivity index (χ0n) is 15.1. The van der Waals surface area contributed by atoms with Crippen LogP contribution >= 0.6 is 0 Å². The van der Waals surface area contributed by atoms with Crippen LogP contribution in [0.15, 0.2) is 24.3 Å². The predicted molar refractivity (Wildman–Crippen MR) is 93.7 cm³/mol. The van der Waals surface area contributed by atoms with Gasteiger partial charge in [0, 0.05) is 26.3 Å². The molecule has 0 atom stereocenters. The van der Waals surface area contributed by atoms with Gasteiger partial charge in [0.1, 0.15) is 0 Å². The molecular weight excluding hydrogens is 326 g/mol. The molecule has 7 nitrogen and oxygen atoms in total. The monoisotopic (exact) mass is 351 g/mol. The molecule has 0 saturated carbocycles. The highest BCUT2D eigenvalue weighted by molar-refractivity contribution is 5.92. The van der Waals surface area contributed by atoms with Crippen molar-refractivity contribution in [3.05, 3.63) is 29.8 Å². The van der Waals surface area contributed by atoms with E-state index in [0.717, 1.165) is 5.56 Å². The lowest BCUT2D eigenvalue weighted by molar-refractivity contribution is -0.141. The SMILES string of the molecule is COCCN(CCC(=O)OC)C(=O)/C=C/c1ccc(OC)c(OC)c1. The van der Waals surface area contributed by atoms with Gasteiger partial charge < -0.3 is 23.8 Å². The molecule has 0 aromatic heterocycles. The van der Waals surface area contributed by atoms with Gasteiger partial charge in [-0.05, 0) is 23.8 Å². The van der Waals surface area contributed by atoms with Crippen LogP contribution in [-0.4, -0.2) is 64.9 Å². The van der Waals surface area contributed by atoms with E-state index in [-0.39, 0.29) is 24.8 Å². The van der Waals surface area contributed by atoms with E-state index in [2.05, 4.69) is 4.74 Å². The first-order valence-electron chi connectivity index (χ1n) is 7.80. The van der Waals surface area contributed by atoms with Gasteiger partial charge >= 0.3 is 5.97 Å². The molecule has 1 aromatic rings. The van der Waals surface area contributed by atoms with Crippen molar-refractivity contribution < 1.29 is 28.5 Å². The molecule has 7 heteroatoms. The Labute approximate surface area is 148 Å². The van der Waals surface area contributed by atoms with Crippen LogP contribution in [0.4, 0.5) is 0 Å². The molecular formula is C18H25NO6. The van der Waals surface area contributed by atoms with Crippen molar-refractivity contribution in [2.24, 2.45) is 0 Å². The van der Waals surface area contributed by atoms with Gasteiger partial charge in [-0.15, -0.1) is 0 Å². The number of hydrogen-bond donors (Lipinski definition) is 0. The van der Waals surface area contributed by atoms with Crippen LogP contribution < -0.4 is 9.47 Å². The first-order chi connectivity index (χ1) is 12.0. The third kappa shape index (κ3) is 6.84. The Morgan fingerprint density at radius 1 is 1.04 bits per heavy atom. The van der Waals surface area contributed by atoms with Gasteiger partial charge in [-0.1, -0.05) is 6.07 Å². The van der Waals surface area contributed by atoms with Crippen molar-refractivity contribution in [2.45, 2.75) is 6.42 Å². The fourth-order valence-electron chi connectivity index (χ4n) is 2.09. The number of esters is 1. The van der Waals surface area contributed by atoms with E-state index in [1.807, 2.05) is 6.07 Å². The van der Waals surface area contributed by atoms with Crippen molar-refractivity contribution in [3.63, 3.8) is 0 Å². The van der Waals surface area contributed by atoms with Crippen LogP contribution in [0, 0.1) is 0 Å². The van der Waals surface area contributed by atoms with Gasteiger partial charge in [0.15, 0.2) is 11.5 Å². The summed E-state index contributed by atoms with van der Waals surface area (Å²) in [6.07, 6.45) is 3.27. The lowest BCUT2D eigenvalue weighted by atomic mass is 10.2. The third-order valence-corrected chi connectivity index (χ3v) is 3.52. The molecule has 0 N–H and O–H groups in total. The second kappa shape index (κ2) is 11.1. The normalized spacial score (nSPS) is 10.6. The van der Waals surface area contributed by atoms with Crippen LogP contribution in [0.5, 0.6) is 11.5 Å². The fraction of sp³-hybridized carbons (Fsp3) is 0.444. The lowest BCUT2D eigenvalue weighted by Crippen LogP contribution is -2.34. The Kier molecular flexibility index (Phi) is 9.10. The van der Waals surface area contributed by atoms with Crippen molar-refractivity contribution in [1.29, 1.82) is 0 Å². The van der Waals surface area contributed by atoms with E-state index < -0.39 is 0 Å². The summed E-state index contributed by atoms with van der Waals surface area (Å²) in [7, 11) is 5.99. The lowest BCUT2D eigenvalue weighted by Gasteiger charge is -2.20. The molecule has 0 heterocycles. The number of carbonyl (C=O) groups excluding carboxylic acids is 2. The molecule has 1 amide bonds. The molecule has 0 radical (unpaired) electrons. The van der Waals surface area contributed by atoms with Crippen LogP contribution in [0.2, 0.25) is 0 Å². The number of carbonyl (C=O) groups is 2. The standard InChI is InChI=1S/C18H25NO6/c1-22-12-11-19(10-9-18(21)25-4)17(20)8-6-14-5-7-15(23-2)16(13-14)24-3/h5-8,13H,9-12H2,1-4H3/b8-6+. The highest BCUT2D eigenvalue weighted by atomic mass is 16.5. The first kappa shape index (κ1) is 20.5. The molecule has 0 spiro atoms. The minimum absolute atomic E-state index is 0.135. The average molecular weight is 351 g/mol. The molecule has 0 bridgehead atoms. The molecule has 138 valence electrons. The molecule has 0 fully saturated rings. The molecule has 0 unspecified atom stereocenters. The summed E-state index contributed by atoms with van der Waals surface area (Å²) in [5, 5.41) is 0. The summed E-state index contributed by atoms with van der Waals surface area (Å²) in [5.74, 6) is 0.625. The number of methoxy groups -OCH3 is 4. The van der Waals surface area contributed by atoms with Crippen LogP contribution in [0.1, 0.15) is 12.0 Å². The van der Waals surface area contributed by atoms with Crippen molar-refractivity contribution >= 4 is 18.0 Å². The van der Waals surface area contributed by atoms with Crippen molar-refractivity contribution in [1.82, 2.24) is 4.90 Å². The number of ether oxygens (including phenoxy) is 4. The molecule has 0 saturated heterocycles. The Morgan fingerprint density at radius 3 is 2.36 bits per heavy atom. The smallest absolute Gasteiger partial charge is 0.307 e. The number of rotatable bonds is 10. The van der Waals surface area contributed by atoms with Crippen LogP contribution in [0.25, 0.3) is 6.08 Å². The highest BCUT2D eigenvalue weighted by Gasteiger charge is 2.13. The van der Waals surface area contributed by atoms with Gasteiger partial charge in [-0.3, -0.25) is 9.59 Å². The summed E-state index contributed by atoms with van der Waals surface area (Å²) in [6, 6.07) is 5.36. The van der Waals surface area contributed by atoms with E-state index in [9.17, 15) is 9.59 Å². The molecule has 25 heavy (non-hydrogen) atoms. The van der Waals surface area contributed by atoms with Gasteiger partial charge in [0.05, 0.1) is 34.4 Å². The van der Waals surface area contributed by atoms with Gasteiger partial charge in [-0.2, -0.15) is 0 Å². The minimum atomic E-state index is -0.362. The quantitative estimate of drug-likeness (QED) is 0.472. The summed E-state index contributed by atoms with van der Waals surface area (Å²) in [6.45, 7) is 1.05. The number of amides is 1. The number of nitrogens with zero attached hydrogens (tertiary/aromatic N) is 1. The summed E-state index contributed by atoms with van der Waals surface area (Å²) in [4.78, 5) is 25.2. The predicted octanol–water partition coefficient (Wildman–Crippen LogP) is 1.76. The highest BCUT2D eigenvalue weighted by Crippen LogP contribution is 2.27. The summed E-state index contributed by atoms with van der Waals surface area (Å²) >= 11 is 0. The van der Waals surface area contributed by atoms with Gasteiger partial charge in [0.25, 0.3) is 0 Å². The maximum absolute atomic E-state index is 12.4. The molecule has 1 aromatic carbocycles. The Balaban J connectivity index is 2.79. The Morgan fingerprint density at radius 2 is 1.76 bits per heavy atom. The van der Waals surface area contributed by atoms with E-state index in [4.69, 9.17) is 14.2 Å². The second-order valence-electron chi connectivity index (χ2n) is 5.09. The summed E-state index contributed by atoms with van der Waals surface area (Å²) < 4.78 is 20.0. The molecule has 0 aliphatic heterocycles. The van der Waals surface area contributed by atoms with Crippen LogP contribution in [0.3, 0.4) is 0 Å². The van der Waals surface area contributed by atoms with Crippen molar-refractivity contribution in [3.8, 4) is 11.5 Å². The molecule has 0 aliphatic carbocycles. The zero-order chi connectivity index (χ0) is 18.7. The van der Waals surface area contributed by atoms with E-state index in [0.29, 0.717) is 24.7 Å². The summed E-state index contributed by atoms with van der Waals surface area (Å²) in [5.41, 5.74) is 0.797. The molecule has 1 rings (SSSR count). The van der Waals surface area contributed by atoms with E-state index in [1.54, 1.807) is 39.5 Å². The number of benzene rings is 1. The largest absolute Gasteiger partial charge is 0.493 e. The fourth-order valence-corrected chi connectivity index (χ4v) is 2.09. The zero-order valence-corrected chi connectivity index (χ0v) is 15.1. The molecule has 0 aliphatic rings. The van der Waals surface area contributed by atoms with E-state index >= 15 is 0 Å². The second-order valence-corrected chi connectivity index (χ2v) is 5.09. The Hall–Kier alpha value is -2.54. The first-order valence-corrected chi connectivity index (χ1v) is 7.80. The van der Waals surface area contributed by atoms with Crippen LogP contribution in [-0.2, 0) is 19.1 Å². The topological polar surface area (TPSA) is 74.3 Å². The minimum Gasteiger partial charge on any atom is -0.493 e. The van der Waals surface area contributed by atoms with E-state index in [1.165, 1.54) is 18.1 Å². The average Bonchev–Trinajstić information content (AvgIpc) is 2.65. The Bertz CT molecular complexity index is 599. The number of hydrogen-bond acceptors (Lipinski definition) is 6. The third-order valence-electron chi connectivity index (χ3n) is 3.52. The maximum atomic E-state index is 12.4.